The number of halogens is 1. The first-order chi connectivity index (χ1) is 11.9. The Balaban J connectivity index is 2.60. The second-order valence-corrected chi connectivity index (χ2v) is 6.65. The van der Waals surface area contributed by atoms with Crippen molar-refractivity contribution in [2.24, 2.45) is 10.9 Å². The summed E-state index contributed by atoms with van der Waals surface area (Å²) in [5, 5.41) is 0. The molecule has 0 radical (unpaired) electrons. The Hall–Kier alpha value is -1.95. The summed E-state index contributed by atoms with van der Waals surface area (Å²) in [5.74, 6) is -1.96. The van der Waals surface area contributed by atoms with Crippen molar-refractivity contribution < 1.29 is 19.1 Å². The molecule has 0 N–H and O–H groups in total. The number of hydrogen-bond acceptors (Lipinski definition) is 5. The Bertz CT molecular complexity index is 721. The van der Waals surface area contributed by atoms with Gasteiger partial charge in [0.15, 0.2) is 0 Å². The van der Waals surface area contributed by atoms with E-state index < -0.39 is 17.8 Å². The van der Waals surface area contributed by atoms with E-state index >= 15 is 0 Å². The van der Waals surface area contributed by atoms with Gasteiger partial charge in [0.2, 0.25) is 0 Å². The van der Waals surface area contributed by atoms with Gasteiger partial charge in [-0.05, 0) is 45.4 Å². The third-order valence-electron chi connectivity index (χ3n) is 4.09. The second-order valence-electron chi connectivity index (χ2n) is 5.73. The minimum absolute atomic E-state index is 0.259. The molecule has 25 heavy (non-hydrogen) atoms. The standard InChI is InChI=1S/C19H22BrNO4/c1-5-24-18(22)15-11(3)21-12(4)16(19(23)25-6-2)17(15)13-7-9-14(20)10-8-13/h7-10,15,17H,5-6H2,1-4H3/t15?,17-/m1/s1. The molecule has 134 valence electrons. The fourth-order valence-corrected chi connectivity index (χ4v) is 3.34. The van der Waals surface area contributed by atoms with Gasteiger partial charge < -0.3 is 9.47 Å². The average molecular weight is 408 g/mol. The van der Waals surface area contributed by atoms with Crippen molar-refractivity contribution in [2.75, 3.05) is 13.2 Å². The third-order valence-corrected chi connectivity index (χ3v) is 4.62. The molecule has 0 fully saturated rings. The summed E-state index contributed by atoms with van der Waals surface area (Å²) in [6.45, 7) is 7.60. The van der Waals surface area contributed by atoms with Crippen LogP contribution in [0.15, 0.2) is 45.0 Å². The second kappa shape index (κ2) is 8.43. The van der Waals surface area contributed by atoms with Crippen LogP contribution in [0, 0.1) is 5.92 Å². The number of ether oxygens (including phenoxy) is 2. The van der Waals surface area contributed by atoms with Gasteiger partial charge in [0.1, 0.15) is 5.92 Å². The summed E-state index contributed by atoms with van der Waals surface area (Å²) in [6.07, 6.45) is 0. The van der Waals surface area contributed by atoms with Gasteiger partial charge in [-0.2, -0.15) is 0 Å². The van der Waals surface area contributed by atoms with Crippen LogP contribution in [0.5, 0.6) is 0 Å². The molecule has 6 heteroatoms. The van der Waals surface area contributed by atoms with Gasteiger partial charge in [0.05, 0.1) is 18.8 Å². The largest absolute Gasteiger partial charge is 0.465 e. The zero-order valence-electron chi connectivity index (χ0n) is 14.8. The Morgan fingerprint density at radius 1 is 1.08 bits per heavy atom. The van der Waals surface area contributed by atoms with Crippen molar-refractivity contribution in [3.63, 3.8) is 0 Å². The van der Waals surface area contributed by atoms with Crippen LogP contribution in [0.1, 0.15) is 39.2 Å². The maximum atomic E-state index is 12.6. The maximum Gasteiger partial charge on any atom is 0.336 e. The van der Waals surface area contributed by atoms with Crippen LogP contribution in [0.2, 0.25) is 0 Å². The van der Waals surface area contributed by atoms with Crippen LogP contribution in [-0.2, 0) is 19.1 Å². The van der Waals surface area contributed by atoms with Crippen molar-refractivity contribution in [1.82, 2.24) is 0 Å². The molecular formula is C19H22BrNO4. The van der Waals surface area contributed by atoms with E-state index in [0.717, 1.165) is 10.0 Å². The highest BCUT2D eigenvalue weighted by atomic mass is 79.9. The summed E-state index contributed by atoms with van der Waals surface area (Å²) >= 11 is 3.41. The molecule has 0 spiro atoms. The highest BCUT2D eigenvalue weighted by Gasteiger charge is 2.42. The summed E-state index contributed by atoms with van der Waals surface area (Å²) in [4.78, 5) is 29.6. The number of carbonyl (C=O) groups excluding carboxylic acids is 2. The maximum absolute atomic E-state index is 12.6. The Labute approximate surface area is 156 Å². The number of aliphatic imine (C=N–C) groups is 1. The van der Waals surface area contributed by atoms with Crippen molar-refractivity contribution >= 4 is 33.6 Å². The normalized spacial score (nSPS) is 20.1. The van der Waals surface area contributed by atoms with E-state index in [4.69, 9.17) is 9.47 Å². The average Bonchev–Trinajstić information content (AvgIpc) is 2.55. The number of rotatable bonds is 5. The minimum atomic E-state index is -0.649. The smallest absolute Gasteiger partial charge is 0.336 e. The lowest BCUT2D eigenvalue weighted by atomic mass is 9.75. The molecule has 0 amide bonds. The summed E-state index contributed by atoms with van der Waals surface area (Å²) < 4.78 is 11.4. The van der Waals surface area contributed by atoms with Crippen molar-refractivity contribution in [2.45, 2.75) is 33.6 Å². The monoisotopic (exact) mass is 407 g/mol. The molecule has 1 heterocycles. The van der Waals surface area contributed by atoms with Crippen molar-refractivity contribution in [1.29, 1.82) is 0 Å². The predicted molar refractivity (Wildman–Crippen MR) is 99.4 cm³/mol. The fraction of sp³-hybridized carbons (Fsp3) is 0.421. The molecule has 0 aliphatic carbocycles. The molecule has 0 bridgehead atoms. The van der Waals surface area contributed by atoms with Gasteiger partial charge in [-0.1, -0.05) is 28.1 Å². The van der Waals surface area contributed by atoms with E-state index in [1.165, 1.54) is 0 Å². The molecule has 0 saturated carbocycles. The van der Waals surface area contributed by atoms with Gasteiger partial charge in [-0.15, -0.1) is 0 Å². The summed E-state index contributed by atoms with van der Waals surface area (Å²) in [7, 11) is 0. The zero-order chi connectivity index (χ0) is 18.6. The number of benzene rings is 1. The van der Waals surface area contributed by atoms with Gasteiger partial charge in [-0.25, -0.2) is 4.79 Å². The lowest BCUT2D eigenvalue weighted by molar-refractivity contribution is -0.146. The van der Waals surface area contributed by atoms with E-state index in [1.54, 1.807) is 27.7 Å². The zero-order valence-corrected chi connectivity index (χ0v) is 16.4. The number of carbonyl (C=O) groups is 2. The number of nitrogens with zero attached hydrogens (tertiary/aromatic N) is 1. The number of hydrogen-bond donors (Lipinski definition) is 0. The first-order valence-corrected chi connectivity index (χ1v) is 9.05. The van der Waals surface area contributed by atoms with Gasteiger partial charge in [0.25, 0.3) is 0 Å². The highest BCUT2D eigenvalue weighted by Crippen LogP contribution is 2.40. The molecule has 0 saturated heterocycles. The molecule has 5 nitrogen and oxygen atoms in total. The topological polar surface area (TPSA) is 65.0 Å². The van der Waals surface area contributed by atoms with Crippen molar-refractivity contribution in [3.05, 3.63) is 45.6 Å². The van der Waals surface area contributed by atoms with Gasteiger partial charge in [-0.3, -0.25) is 9.79 Å². The van der Waals surface area contributed by atoms with Crippen LogP contribution in [0.3, 0.4) is 0 Å². The van der Waals surface area contributed by atoms with Gasteiger partial charge >= 0.3 is 11.9 Å². The quantitative estimate of drug-likeness (QED) is 0.691. The molecule has 1 unspecified atom stereocenters. The van der Waals surface area contributed by atoms with Crippen LogP contribution in [-0.4, -0.2) is 30.9 Å². The lowest BCUT2D eigenvalue weighted by Gasteiger charge is -2.31. The minimum Gasteiger partial charge on any atom is -0.465 e. The van der Waals surface area contributed by atoms with Crippen LogP contribution >= 0.6 is 15.9 Å². The third kappa shape index (κ3) is 4.18. The van der Waals surface area contributed by atoms with E-state index in [-0.39, 0.29) is 19.2 Å². The van der Waals surface area contributed by atoms with E-state index in [1.807, 2.05) is 24.3 Å². The summed E-state index contributed by atoms with van der Waals surface area (Å²) in [5.41, 5.74) is 2.46. The molecule has 2 atom stereocenters. The molecule has 1 aliphatic rings. The highest BCUT2D eigenvalue weighted by molar-refractivity contribution is 9.10. The van der Waals surface area contributed by atoms with E-state index in [9.17, 15) is 9.59 Å². The van der Waals surface area contributed by atoms with Gasteiger partial charge in [0, 0.05) is 21.8 Å². The first kappa shape index (κ1) is 19.4. The number of esters is 2. The predicted octanol–water partition coefficient (Wildman–Crippen LogP) is 4.02. The molecular weight excluding hydrogens is 386 g/mol. The molecule has 0 aromatic heterocycles. The Morgan fingerprint density at radius 3 is 2.24 bits per heavy atom. The van der Waals surface area contributed by atoms with E-state index in [2.05, 4.69) is 20.9 Å². The number of allylic oxidation sites excluding steroid dienone is 1. The molecule has 1 aliphatic heterocycles. The molecule has 2 rings (SSSR count). The van der Waals surface area contributed by atoms with Crippen LogP contribution in [0.25, 0.3) is 0 Å². The van der Waals surface area contributed by atoms with Crippen LogP contribution < -0.4 is 0 Å². The Kier molecular flexibility index (Phi) is 6.53. The van der Waals surface area contributed by atoms with E-state index in [0.29, 0.717) is 17.0 Å². The molecule has 1 aromatic carbocycles. The molecule has 1 aromatic rings. The lowest BCUT2D eigenvalue weighted by Crippen LogP contribution is -2.36. The SMILES string of the molecule is CCOC(=O)C1=C(C)N=C(C)C(C(=O)OCC)[C@H]1c1ccc(Br)cc1. The fourth-order valence-electron chi connectivity index (χ4n) is 3.08. The van der Waals surface area contributed by atoms with Crippen molar-refractivity contribution in [3.8, 4) is 0 Å². The Morgan fingerprint density at radius 2 is 1.68 bits per heavy atom. The van der Waals surface area contributed by atoms with Crippen LogP contribution in [0.4, 0.5) is 0 Å². The summed E-state index contributed by atoms with van der Waals surface area (Å²) in [6, 6.07) is 7.56. The first-order valence-electron chi connectivity index (χ1n) is 8.25.